The molecule has 0 amide bonds. The van der Waals surface area contributed by atoms with Crippen LogP contribution in [-0.2, 0) is 0 Å². The molecule has 1 fully saturated rings. The molecular formula is C14H19BrN2S. The maximum atomic E-state index is 5.81. The topological polar surface area (TPSA) is 38.0 Å². The number of hydrogen-bond acceptors (Lipinski definition) is 2. The highest BCUT2D eigenvalue weighted by molar-refractivity contribution is 9.10. The Morgan fingerprint density at radius 2 is 1.89 bits per heavy atom. The van der Waals surface area contributed by atoms with Gasteiger partial charge in [0, 0.05) is 21.8 Å². The van der Waals surface area contributed by atoms with Gasteiger partial charge in [-0.3, -0.25) is 0 Å². The summed E-state index contributed by atoms with van der Waals surface area (Å²) in [5, 5.41) is 3.61. The first-order chi connectivity index (χ1) is 8.68. The number of anilines is 1. The van der Waals surface area contributed by atoms with Crippen LogP contribution in [-0.4, -0.2) is 11.0 Å². The summed E-state index contributed by atoms with van der Waals surface area (Å²) in [6.45, 7) is 0. The monoisotopic (exact) mass is 326 g/mol. The summed E-state index contributed by atoms with van der Waals surface area (Å²) >= 11 is 8.66. The molecule has 2 rings (SSSR count). The Morgan fingerprint density at radius 1 is 1.22 bits per heavy atom. The molecule has 0 saturated heterocycles. The summed E-state index contributed by atoms with van der Waals surface area (Å²) in [5.41, 5.74) is 7.80. The zero-order chi connectivity index (χ0) is 13.0. The van der Waals surface area contributed by atoms with Gasteiger partial charge in [-0.1, -0.05) is 44.0 Å². The van der Waals surface area contributed by atoms with Crippen LogP contribution in [0.3, 0.4) is 0 Å². The van der Waals surface area contributed by atoms with Crippen molar-refractivity contribution in [1.29, 1.82) is 0 Å². The Labute approximate surface area is 122 Å². The molecule has 98 valence electrons. The minimum absolute atomic E-state index is 0.443. The third-order valence-corrected chi connectivity index (χ3v) is 4.34. The largest absolute Gasteiger partial charge is 0.389 e. The van der Waals surface area contributed by atoms with Crippen LogP contribution in [0.1, 0.15) is 44.1 Å². The van der Waals surface area contributed by atoms with E-state index in [-0.39, 0.29) is 0 Å². The van der Waals surface area contributed by atoms with Gasteiger partial charge in [0.25, 0.3) is 0 Å². The molecule has 0 radical (unpaired) electrons. The van der Waals surface area contributed by atoms with Gasteiger partial charge in [0.05, 0.1) is 0 Å². The second-order valence-corrected chi connectivity index (χ2v) is 6.15. The summed E-state index contributed by atoms with van der Waals surface area (Å²) in [6.07, 6.45) is 7.83. The van der Waals surface area contributed by atoms with Crippen molar-refractivity contribution in [2.45, 2.75) is 44.6 Å². The summed E-state index contributed by atoms with van der Waals surface area (Å²) in [7, 11) is 0. The maximum Gasteiger partial charge on any atom is 0.107 e. The summed E-state index contributed by atoms with van der Waals surface area (Å²) in [6, 6.07) is 6.61. The van der Waals surface area contributed by atoms with Crippen LogP contribution < -0.4 is 11.1 Å². The second-order valence-electron chi connectivity index (χ2n) is 4.86. The van der Waals surface area contributed by atoms with Crippen LogP contribution in [0.15, 0.2) is 22.7 Å². The van der Waals surface area contributed by atoms with Gasteiger partial charge >= 0.3 is 0 Å². The molecule has 3 N–H and O–H groups in total. The van der Waals surface area contributed by atoms with Crippen molar-refractivity contribution < 1.29 is 0 Å². The molecule has 4 heteroatoms. The molecule has 0 atom stereocenters. The van der Waals surface area contributed by atoms with E-state index in [1.807, 2.05) is 12.1 Å². The van der Waals surface area contributed by atoms with Crippen LogP contribution in [0.2, 0.25) is 0 Å². The Hall–Kier alpha value is -0.610. The number of halogens is 1. The molecule has 0 aliphatic heterocycles. The lowest BCUT2D eigenvalue weighted by molar-refractivity contribution is 0.620. The van der Waals surface area contributed by atoms with Crippen LogP contribution in [0, 0.1) is 0 Å². The lowest BCUT2D eigenvalue weighted by Gasteiger charge is -2.20. The Morgan fingerprint density at radius 3 is 2.50 bits per heavy atom. The molecule has 1 aliphatic carbocycles. The summed E-state index contributed by atoms with van der Waals surface area (Å²) in [4.78, 5) is 0.443. The second kappa shape index (κ2) is 6.53. The highest BCUT2D eigenvalue weighted by Crippen LogP contribution is 2.27. The van der Waals surface area contributed by atoms with E-state index < -0.39 is 0 Å². The van der Waals surface area contributed by atoms with Gasteiger partial charge in [-0.05, 0) is 40.9 Å². The molecule has 1 aromatic rings. The van der Waals surface area contributed by atoms with Crippen LogP contribution >= 0.6 is 28.1 Å². The lowest BCUT2D eigenvalue weighted by atomic mass is 10.1. The molecular weight excluding hydrogens is 308 g/mol. The van der Waals surface area contributed by atoms with Gasteiger partial charge in [0.2, 0.25) is 0 Å². The molecule has 0 bridgehead atoms. The van der Waals surface area contributed by atoms with E-state index in [0.29, 0.717) is 11.0 Å². The van der Waals surface area contributed by atoms with E-state index in [9.17, 15) is 0 Å². The average Bonchev–Trinajstić information content (AvgIpc) is 2.57. The fourth-order valence-electron chi connectivity index (χ4n) is 2.54. The number of benzene rings is 1. The number of nitrogens with two attached hydrogens (primary N) is 1. The molecule has 1 aromatic carbocycles. The van der Waals surface area contributed by atoms with Crippen LogP contribution in [0.4, 0.5) is 5.69 Å². The van der Waals surface area contributed by atoms with Gasteiger partial charge in [-0.25, -0.2) is 0 Å². The minimum atomic E-state index is 0.443. The van der Waals surface area contributed by atoms with Crippen molar-refractivity contribution in [2.24, 2.45) is 5.73 Å². The third kappa shape index (κ3) is 3.45. The predicted octanol–water partition coefficient (Wildman–Crippen LogP) is 4.22. The molecule has 0 heterocycles. The number of rotatable bonds is 3. The Kier molecular flexibility index (Phi) is 5.01. The van der Waals surface area contributed by atoms with Gasteiger partial charge in [-0.15, -0.1) is 0 Å². The van der Waals surface area contributed by atoms with E-state index in [1.54, 1.807) is 0 Å². The van der Waals surface area contributed by atoms with Crippen molar-refractivity contribution in [2.75, 3.05) is 5.32 Å². The van der Waals surface area contributed by atoms with Crippen molar-refractivity contribution in [1.82, 2.24) is 0 Å². The lowest BCUT2D eigenvalue weighted by Crippen LogP contribution is -2.21. The van der Waals surface area contributed by atoms with Gasteiger partial charge < -0.3 is 11.1 Å². The van der Waals surface area contributed by atoms with Crippen LogP contribution in [0.5, 0.6) is 0 Å². The molecule has 0 unspecified atom stereocenters. The standard InChI is InChI=1S/C14H19BrN2S/c15-11-8-5-9-12(13(11)14(16)18)17-10-6-3-1-2-4-7-10/h5,8-10,17H,1-4,6-7H2,(H2,16,18). The van der Waals surface area contributed by atoms with Crippen molar-refractivity contribution in [3.05, 3.63) is 28.2 Å². The van der Waals surface area contributed by atoms with E-state index in [1.165, 1.54) is 38.5 Å². The number of thiocarbonyl (C=S) groups is 1. The van der Waals surface area contributed by atoms with Gasteiger partial charge in [-0.2, -0.15) is 0 Å². The van der Waals surface area contributed by atoms with Gasteiger partial charge in [0.1, 0.15) is 4.99 Å². The van der Waals surface area contributed by atoms with Gasteiger partial charge in [0.15, 0.2) is 0 Å². The van der Waals surface area contributed by atoms with E-state index in [0.717, 1.165) is 15.7 Å². The minimum Gasteiger partial charge on any atom is -0.389 e. The molecule has 0 aromatic heterocycles. The zero-order valence-corrected chi connectivity index (χ0v) is 12.8. The summed E-state index contributed by atoms with van der Waals surface area (Å²) in [5.74, 6) is 0. The zero-order valence-electron chi connectivity index (χ0n) is 10.4. The normalized spacial score (nSPS) is 17.2. The Bertz CT molecular complexity index is 426. The Balaban J connectivity index is 2.17. The smallest absolute Gasteiger partial charge is 0.107 e. The first kappa shape index (κ1) is 13.8. The highest BCUT2D eigenvalue weighted by atomic mass is 79.9. The highest BCUT2D eigenvalue weighted by Gasteiger charge is 2.15. The first-order valence-corrected chi connectivity index (χ1v) is 7.73. The number of nitrogens with one attached hydrogen (secondary N) is 1. The first-order valence-electron chi connectivity index (χ1n) is 6.53. The quantitative estimate of drug-likeness (QED) is 0.645. The van der Waals surface area contributed by atoms with E-state index >= 15 is 0 Å². The molecule has 0 spiro atoms. The third-order valence-electron chi connectivity index (χ3n) is 3.47. The number of hydrogen-bond donors (Lipinski definition) is 2. The molecule has 18 heavy (non-hydrogen) atoms. The van der Waals surface area contributed by atoms with Crippen molar-refractivity contribution >= 4 is 38.8 Å². The maximum absolute atomic E-state index is 5.81. The SMILES string of the molecule is NC(=S)c1c(Br)cccc1NC1CCCCCC1. The van der Waals surface area contributed by atoms with E-state index in [4.69, 9.17) is 18.0 Å². The van der Waals surface area contributed by atoms with Crippen molar-refractivity contribution in [3.63, 3.8) is 0 Å². The average molecular weight is 327 g/mol. The molecule has 1 saturated carbocycles. The van der Waals surface area contributed by atoms with Crippen LogP contribution in [0.25, 0.3) is 0 Å². The molecule has 2 nitrogen and oxygen atoms in total. The fourth-order valence-corrected chi connectivity index (χ4v) is 3.47. The summed E-state index contributed by atoms with van der Waals surface area (Å²) < 4.78 is 0.966. The van der Waals surface area contributed by atoms with Crippen molar-refractivity contribution in [3.8, 4) is 0 Å². The fraction of sp³-hybridized carbons (Fsp3) is 0.500. The molecule has 1 aliphatic rings. The predicted molar refractivity (Wildman–Crippen MR) is 85.1 cm³/mol. The van der Waals surface area contributed by atoms with E-state index in [2.05, 4.69) is 27.3 Å².